The lowest BCUT2D eigenvalue weighted by molar-refractivity contribution is -0.120. The molecule has 1 aliphatic rings. The molecule has 0 spiro atoms. The van der Waals surface area contributed by atoms with Crippen molar-refractivity contribution in [3.63, 3.8) is 0 Å². The zero-order valence-electron chi connectivity index (χ0n) is 25.7. The van der Waals surface area contributed by atoms with Gasteiger partial charge >= 0.3 is 5.69 Å². The Morgan fingerprint density at radius 2 is 1.95 bits per heavy atom. The number of amides is 1. The van der Waals surface area contributed by atoms with Crippen LogP contribution < -0.4 is 16.6 Å². The van der Waals surface area contributed by atoms with Gasteiger partial charge in [0.1, 0.15) is 17.8 Å². The third-order valence-corrected chi connectivity index (χ3v) is 9.25. The van der Waals surface area contributed by atoms with Crippen LogP contribution in [-0.2, 0) is 28.1 Å². The minimum atomic E-state index is -1.62. The first-order valence-electron chi connectivity index (χ1n) is 14.1. The number of hydrogen-bond acceptors (Lipinski definition) is 11. The lowest BCUT2D eigenvalue weighted by Gasteiger charge is -2.38. The molecule has 2 unspecified atom stereocenters. The summed E-state index contributed by atoms with van der Waals surface area (Å²) in [5.74, 6) is 5.51. The fourth-order valence-electron chi connectivity index (χ4n) is 4.46. The molecule has 238 valence electrons. The van der Waals surface area contributed by atoms with Crippen molar-refractivity contribution in [2.24, 2.45) is 0 Å². The molecular formula is C28H42N5O8PS. The highest BCUT2D eigenvalue weighted by Gasteiger charge is 2.49. The highest BCUT2D eigenvalue weighted by atomic mass is 32.2. The number of nitriles is 1. The summed E-state index contributed by atoms with van der Waals surface area (Å²) in [6.07, 6.45) is -0.553. The average Bonchev–Trinajstić information content (AvgIpc) is 3.28. The quantitative estimate of drug-likeness (QED) is 0.165. The first-order chi connectivity index (χ1) is 20.4. The fourth-order valence-corrected chi connectivity index (χ4v) is 6.80. The van der Waals surface area contributed by atoms with Gasteiger partial charge in [0, 0.05) is 44.5 Å². The summed E-state index contributed by atoms with van der Waals surface area (Å²) in [5.41, 5.74) is -1.37. The minimum absolute atomic E-state index is 0.00438. The second-order valence-corrected chi connectivity index (χ2v) is 12.8. The molecule has 1 aromatic heterocycles. The molecule has 0 radical (unpaired) electrons. The molecule has 0 saturated carbocycles. The SMILES string of the molecule is CC[C@H]1O[C@@H](n2cc(C#CCNC(=O)CCSC(C)=O)c(=O)[nH]c2=O)C(OC)[C@H]1OP(OCCC#N)N(C(C)C)C(C)C. The summed E-state index contributed by atoms with van der Waals surface area (Å²) in [7, 11) is -0.126. The summed E-state index contributed by atoms with van der Waals surface area (Å²) in [4.78, 5) is 50.6. The maximum Gasteiger partial charge on any atom is 0.330 e. The zero-order valence-corrected chi connectivity index (χ0v) is 27.5. The van der Waals surface area contributed by atoms with Crippen LogP contribution in [-0.4, -0.2) is 81.7 Å². The van der Waals surface area contributed by atoms with Crippen LogP contribution in [0.25, 0.3) is 0 Å². The molecule has 15 heteroatoms. The van der Waals surface area contributed by atoms with Gasteiger partial charge < -0.3 is 23.8 Å². The van der Waals surface area contributed by atoms with E-state index < -0.39 is 44.3 Å². The van der Waals surface area contributed by atoms with Gasteiger partial charge in [-0.1, -0.05) is 30.5 Å². The van der Waals surface area contributed by atoms with Crippen molar-refractivity contribution in [1.82, 2.24) is 19.5 Å². The molecule has 2 N–H and O–H groups in total. The monoisotopic (exact) mass is 639 g/mol. The van der Waals surface area contributed by atoms with Crippen molar-refractivity contribution in [3.05, 3.63) is 32.6 Å². The highest BCUT2D eigenvalue weighted by molar-refractivity contribution is 8.13. The molecule has 1 aromatic rings. The van der Waals surface area contributed by atoms with Crippen molar-refractivity contribution in [2.75, 3.05) is 26.0 Å². The summed E-state index contributed by atoms with van der Waals surface area (Å²) in [5, 5.41) is 11.6. The molecule has 1 fully saturated rings. The Morgan fingerprint density at radius 3 is 2.53 bits per heavy atom. The van der Waals surface area contributed by atoms with Gasteiger partial charge in [0.2, 0.25) is 5.91 Å². The molecule has 5 atom stereocenters. The van der Waals surface area contributed by atoms with Gasteiger partial charge in [-0.3, -0.25) is 23.9 Å². The topological polar surface area (TPSA) is 165 Å². The van der Waals surface area contributed by atoms with Crippen LogP contribution in [0, 0.1) is 23.2 Å². The Labute approximate surface area is 257 Å². The third kappa shape index (κ3) is 10.8. The number of carbonyl (C=O) groups excluding carboxylic acids is 2. The van der Waals surface area contributed by atoms with Crippen molar-refractivity contribution >= 4 is 31.3 Å². The minimum Gasteiger partial charge on any atom is -0.374 e. The van der Waals surface area contributed by atoms with Gasteiger partial charge in [-0.25, -0.2) is 9.46 Å². The maximum atomic E-state index is 12.9. The Hall–Kier alpha value is -2.55. The standard InChI is InChI=1S/C28H42N5O8PS/c1-8-22-24(41-42(39-15-10-13-29)33(18(2)3)19(4)5)25(38-7)27(40-22)32-17-21(26(36)31-28(32)37)11-9-14-30-23(35)12-16-43-20(6)34/h17-19,22,24-25,27H,8,10,12,14-16H2,1-7H3,(H,30,35)(H,31,36,37)/t22-,24+,25?,27-,42?/m1/s1. The Kier molecular flexibility index (Phi) is 15.6. The molecule has 1 aliphatic heterocycles. The van der Waals surface area contributed by atoms with Gasteiger partial charge in [0.25, 0.3) is 14.1 Å². The van der Waals surface area contributed by atoms with Gasteiger partial charge in [-0.15, -0.1) is 0 Å². The summed E-state index contributed by atoms with van der Waals surface area (Å²) < 4.78 is 28.1. The van der Waals surface area contributed by atoms with E-state index in [1.807, 2.05) is 34.6 Å². The van der Waals surface area contributed by atoms with Crippen LogP contribution in [0.1, 0.15) is 72.6 Å². The van der Waals surface area contributed by atoms with E-state index in [9.17, 15) is 19.2 Å². The van der Waals surface area contributed by atoms with Gasteiger partial charge in [-0.2, -0.15) is 5.26 Å². The van der Waals surface area contributed by atoms with Crippen LogP contribution in [0.5, 0.6) is 0 Å². The summed E-state index contributed by atoms with van der Waals surface area (Å²) in [6, 6.07) is 2.25. The number of nitrogens with one attached hydrogen (secondary N) is 2. The average molecular weight is 640 g/mol. The number of thioether (sulfide) groups is 1. The molecular weight excluding hydrogens is 597 g/mol. The molecule has 13 nitrogen and oxygen atoms in total. The van der Waals surface area contributed by atoms with E-state index in [0.717, 1.165) is 11.8 Å². The lowest BCUT2D eigenvalue weighted by Crippen LogP contribution is -2.41. The van der Waals surface area contributed by atoms with E-state index in [0.29, 0.717) is 12.2 Å². The smallest absolute Gasteiger partial charge is 0.330 e. The highest BCUT2D eigenvalue weighted by Crippen LogP contribution is 2.50. The molecule has 43 heavy (non-hydrogen) atoms. The number of methoxy groups -OCH3 is 1. The largest absolute Gasteiger partial charge is 0.374 e. The predicted octanol–water partition coefficient (Wildman–Crippen LogP) is 2.66. The zero-order chi connectivity index (χ0) is 32.1. The van der Waals surface area contributed by atoms with Crippen molar-refractivity contribution in [1.29, 1.82) is 5.26 Å². The number of carbonyl (C=O) groups is 2. The molecule has 1 saturated heterocycles. The number of rotatable bonds is 15. The van der Waals surface area contributed by atoms with Gasteiger partial charge in [0.15, 0.2) is 11.3 Å². The van der Waals surface area contributed by atoms with E-state index in [4.69, 9.17) is 23.8 Å². The number of nitrogens with zero attached hydrogens (tertiary/aromatic N) is 3. The van der Waals surface area contributed by atoms with Crippen LogP contribution in [0.4, 0.5) is 0 Å². The Morgan fingerprint density at radius 1 is 1.26 bits per heavy atom. The van der Waals surface area contributed by atoms with E-state index in [-0.39, 0.29) is 54.7 Å². The molecule has 1 amide bonds. The van der Waals surface area contributed by atoms with Crippen LogP contribution in [0.15, 0.2) is 15.8 Å². The van der Waals surface area contributed by atoms with Gasteiger partial charge in [0.05, 0.1) is 31.7 Å². The molecule has 2 heterocycles. The molecule has 0 aliphatic carbocycles. The number of aromatic nitrogens is 2. The third-order valence-electron chi connectivity index (χ3n) is 6.31. The van der Waals surface area contributed by atoms with E-state index >= 15 is 0 Å². The second-order valence-electron chi connectivity index (χ2n) is 10.2. The van der Waals surface area contributed by atoms with Crippen LogP contribution in [0.3, 0.4) is 0 Å². The van der Waals surface area contributed by atoms with Crippen molar-refractivity contribution < 1.29 is 28.1 Å². The lowest BCUT2D eigenvalue weighted by atomic mass is 10.1. The summed E-state index contributed by atoms with van der Waals surface area (Å²) >= 11 is 1.06. The van der Waals surface area contributed by atoms with Crippen molar-refractivity contribution in [2.45, 2.75) is 97.4 Å². The number of ether oxygens (including phenoxy) is 2. The number of aromatic amines is 1. The first kappa shape index (κ1) is 36.6. The Bertz CT molecular complexity index is 1290. The van der Waals surface area contributed by atoms with E-state index in [1.54, 1.807) is 0 Å². The predicted molar refractivity (Wildman–Crippen MR) is 164 cm³/mol. The molecule has 0 bridgehead atoms. The summed E-state index contributed by atoms with van der Waals surface area (Å²) in [6.45, 7) is 11.7. The van der Waals surface area contributed by atoms with E-state index in [2.05, 4.69) is 32.9 Å². The molecule has 2 rings (SSSR count). The normalized spacial score (nSPS) is 20.6. The second kappa shape index (κ2) is 18.3. The van der Waals surface area contributed by atoms with E-state index in [1.165, 1.54) is 24.8 Å². The first-order valence-corrected chi connectivity index (χ1v) is 16.2. The fraction of sp³-hybridized carbons (Fsp3) is 0.679. The van der Waals surface area contributed by atoms with Crippen LogP contribution in [0.2, 0.25) is 0 Å². The maximum absolute atomic E-state index is 12.9. The van der Waals surface area contributed by atoms with Gasteiger partial charge in [-0.05, 0) is 34.1 Å². The van der Waals surface area contributed by atoms with Crippen molar-refractivity contribution in [3.8, 4) is 17.9 Å². The van der Waals surface area contributed by atoms with Crippen LogP contribution >= 0.6 is 20.3 Å². The molecule has 0 aromatic carbocycles. The number of H-pyrrole nitrogens is 1. The number of hydrogen-bond donors (Lipinski definition) is 2. The Balaban J connectivity index is 2.30.